The fraction of sp³-hybridized carbons (Fsp3) is 0.636. The lowest BCUT2D eigenvalue weighted by molar-refractivity contribution is -0.149. The largest absolute Gasteiger partial charge is 0.466 e. The average Bonchev–Trinajstić information content (AvgIpc) is 2.93. The fourth-order valence-corrected chi connectivity index (χ4v) is 5.28. The number of amides is 1. The van der Waals surface area contributed by atoms with Crippen LogP contribution in [0.2, 0.25) is 0 Å². The average molecular weight is 355 g/mol. The van der Waals surface area contributed by atoms with E-state index in [2.05, 4.69) is 23.5 Å². The maximum atomic E-state index is 12.7. The minimum absolute atomic E-state index is 0.0357. The lowest BCUT2D eigenvalue weighted by Gasteiger charge is -2.32. The summed E-state index contributed by atoms with van der Waals surface area (Å²) in [5.41, 5.74) is 3.28. The minimum Gasteiger partial charge on any atom is -0.466 e. The molecule has 1 spiro atoms. The van der Waals surface area contributed by atoms with Crippen LogP contribution in [-0.4, -0.2) is 18.5 Å². The van der Waals surface area contributed by atoms with E-state index in [1.165, 1.54) is 17.5 Å². The van der Waals surface area contributed by atoms with Crippen LogP contribution in [0.3, 0.4) is 0 Å². The maximum absolute atomic E-state index is 12.7. The Morgan fingerprint density at radius 3 is 2.58 bits per heavy atom. The van der Waals surface area contributed by atoms with E-state index in [1.54, 1.807) is 0 Å². The van der Waals surface area contributed by atoms with E-state index < -0.39 is 0 Å². The summed E-state index contributed by atoms with van der Waals surface area (Å²) < 4.78 is 5.17. The summed E-state index contributed by atoms with van der Waals surface area (Å²) in [4.78, 5) is 24.6. The Morgan fingerprint density at radius 1 is 1.15 bits per heavy atom. The van der Waals surface area contributed by atoms with Crippen LogP contribution >= 0.6 is 0 Å². The van der Waals surface area contributed by atoms with Crippen molar-refractivity contribution in [1.82, 2.24) is 0 Å². The SMILES string of the molecule is CCOC(=O)C1CCC(c2ccc3c(c2)NC(=O)C32CCCCC2)CC1. The summed E-state index contributed by atoms with van der Waals surface area (Å²) in [7, 11) is 0. The van der Waals surface area contributed by atoms with Gasteiger partial charge >= 0.3 is 5.97 Å². The highest BCUT2D eigenvalue weighted by Gasteiger charge is 2.47. The number of fused-ring (bicyclic) bond motifs is 2. The lowest BCUT2D eigenvalue weighted by Crippen LogP contribution is -2.36. The van der Waals surface area contributed by atoms with Gasteiger partial charge in [-0.05, 0) is 68.6 Å². The van der Waals surface area contributed by atoms with Gasteiger partial charge in [-0.25, -0.2) is 0 Å². The molecule has 1 heterocycles. The number of nitrogens with one attached hydrogen (secondary N) is 1. The Balaban J connectivity index is 1.48. The van der Waals surface area contributed by atoms with E-state index in [1.807, 2.05) is 6.92 Å². The summed E-state index contributed by atoms with van der Waals surface area (Å²) >= 11 is 0. The molecule has 1 aromatic rings. The monoisotopic (exact) mass is 355 g/mol. The van der Waals surface area contributed by atoms with Gasteiger partial charge in [0.15, 0.2) is 0 Å². The number of carbonyl (C=O) groups is 2. The zero-order chi connectivity index (χ0) is 18.1. The number of hydrogen-bond donors (Lipinski definition) is 1. The third kappa shape index (κ3) is 2.93. The van der Waals surface area contributed by atoms with Crippen LogP contribution in [0.5, 0.6) is 0 Å². The van der Waals surface area contributed by atoms with Crippen molar-refractivity contribution in [3.05, 3.63) is 29.3 Å². The van der Waals surface area contributed by atoms with Gasteiger partial charge in [0.25, 0.3) is 0 Å². The number of benzene rings is 1. The van der Waals surface area contributed by atoms with Gasteiger partial charge in [0.05, 0.1) is 17.9 Å². The molecule has 1 aromatic carbocycles. The van der Waals surface area contributed by atoms with Crippen LogP contribution in [0, 0.1) is 5.92 Å². The molecule has 0 aromatic heterocycles. The van der Waals surface area contributed by atoms with Crippen LogP contribution in [0.4, 0.5) is 5.69 Å². The third-order valence-corrected chi connectivity index (χ3v) is 6.77. The predicted octanol–water partition coefficient (Wildman–Crippen LogP) is 4.68. The van der Waals surface area contributed by atoms with Gasteiger partial charge in [0, 0.05) is 5.69 Å². The summed E-state index contributed by atoms with van der Waals surface area (Å²) in [6, 6.07) is 6.63. The molecule has 0 atom stereocenters. The first kappa shape index (κ1) is 17.6. The number of ether oxygens (including phenoxy) is 1. The quantitative estimate of drug-likeness (QED) is 0.801. The highest BCUT2D eigenvalue weighted by atomic mass is 16.5. The number of esters is 1. The molecule has 1 aliphatic heterocycles. The maximum Gasteiger partial charge on any atom is 0.308 e. The van der Waals surface area contributed by atoms with Crippen molar-refractivity contribution in [3.8, 4) is 0 Å². The Hall–Kier alpha value is -1.84. The first-order valence-corrected chi connectivity index (χ1v) is 10.3. The summed E-state index contributed by atoms with van der Waals surface area (Å²) in [6.45, 7) is 2.33. The number of hydrogen-bond acceptors (Lipinski definition) is 3. The van der Waals surface area contributed by atoms with E-state index >= 15 is 0 Å². The molecule has 2 fully saturated rings. The first-order chi connectivity index (χ1) is 12.6. The van der Waals surface area contributed by atoms with E-state index in [9.17, 15) is 9.59 Å². The molecule has 0 unspecified atom stereocenters. The van der Waals surface area contributed by atoms with Gasteiger partial charge in [-0.2, -0.15) is 0 Å². The Morgan fingerprint density at radius 2 is 1.88 bits per heavy atom. The zero-order valence-electron chi connectivity index (χ0n) is 15.7. The molecule has 0 radical (unpaired) electrons. The summed E-state index contributed by atoms with van der Waals surface area (Å²) in [5.74, 6) is 0.707. The van der Waals surface area contributed by atoms with Crippen molar-refractivity contribution in [2.75, 3.05) is 11.9 Å². The topological polar surface area (TPSA) is 55.4 Å². The first-order valence-electron chi connectivity index (χ1n) is 10.3. The van der Waals surface area contributed by atoms with Crippen molar-refractivity contribution < 1.29 is 14.3 Å². The van der Waals surface area contributed by atoms with Gasteiger partial charge < -0.3 is 10.1 Å². The number of carbonyl (C=O) groups excluding carboxylic acids is 2. The molecule has 3 aliphatic rings. The van der Waals surface area contributed by atoms with E-state index in [4.69, 9.17) is 4.74 Å². The third-order valence-electron chi connectivity index (χ3n) is 6.77. The van der Waals surface area contributed by atoms with Crippen molar-refractivity contribution in [2.24, 2.45) is 5.92 Å². The van der Waals surface area contributed by atoms with Crippen LogP contribution in [-0.2, 0) is 19.7 Å². The van der Waals surface area contributed by atoms with Crippen LogP contribution in [0.25, 0.3) is 0 Å². The molecular formula is C22H29NO3. The second kappa shape index (κ2) is 7.05. The summed E-state index contributed by atoms with van der Waals surface area (Å²) in [6.07, 6.45) is 9.33. The molecule has 4 heteroatoms. The highest BCUT2D eigenvalue weighted by Crippen LogP contribution is 2.48. The van der Waals surface area contributed by atoms with Crippen molar-refractivity contribution in [3.63, 3.8) is 0 Å². The van der Waals surface area contributed by atoms with Gasteiger partial charge in [-0.1, -0.05) is 31.4 Å². The number of anilines is 1. The normalized spacial score (nSPS) is 27.0. The zero-order valence-corrected chi connectivity index (χ0v) is 15.7. The van der Waals surface area contributed by atoms with Crippen LogP contribution in [0.15, 0.2) is 18.2 Å². The molecule has 1 N–H and O–H groups in total. The van der Waals surface area contributed by atoms with E-state index in [0.29, 0.717) is 12.5 Å². The second-order valence-corrected chi connectivity index (χ2v) is 8.20. The van der Waals surface area contributed by atoms with Crippen LogP contribution in [0.1, 0.15) is 81.8 Å². The van der Waals surface area contributed by atoms with E-state index in [0.717, 1.165) is 57.1 Å². The molecule has 4 rings (SSSR count). The smallest absolute Gasteiger partial charge is 0.308 e. The Bertz CT molecular complexity index is 697. The van der Waals surface area contributed by atoms with Gasteiger partial charge in [0.1, 0.15) is 0 Å². The second-order valence-electron chi connectivity index (χ2n) is 8.20. The van der Waals surface area contributed by atoms with E-state index in [-0.39, 0.29) is 23.2 Å². The molecule has 1 amide bonds. The molecule has 140 valence electrons. The Labute approximate surface area is 155 Å². The molecule has 4 nitrogen and oxygen atoms in total. The molecule has 2 aliphatic carbocycles. The Kier molecular flexibility index (Phi) is 4.76. The lowest BCUT2D eigenvalue weighted by atomic mass is 9.70. The molecule has 0 saturated heterocycles. The minimum atomic E-state index is -0.270. The van der Waals surface area contributed by atoms with Gasteiger partial charge in [-0.15, -0.1) is 0 Å². The molecule has 2 saturated carbocycles. The summed E-state index contributed by atoms with van der Waals surface area (Å²) in [5, 5.41) is 3.17. The van der Waals surface area contributed by atoms with Crippen molar-refractivity contribution in [1.29, 1.82) is 0 Å². The number of rotatable bonds is 3. The molecule has 26 heavy (non-hydrogen) atoms. The highest BCUT2D eigenvalue weighted by molar-refractivity contribution is 6.06. The fourth-order valence-electron chi connectivity index (χ4n) is 5.28. The van der Waals surface area contributed by atoms with Crippen molar-refractivity contribution in [2.45, 2.75) is 76.0 Å². The standard InChI is InChI=1S/C22H29NO3/c1-2-26-20(24)16-8-6-15(7-9-16)17-10-11-18-19(14-17)23-21(25)22(18)12-4-3-5-13-22/h10-11,14-16H,2-9,12-13H2,1H3,(H,23,25). The predicted molar refractivity (Wildman–Crippen MR) is 101 cm³/mol. The van der Waals surface area contributed by atoms with Gasteiger partial charge in [-0.3, -0.25) is 9.59 Å². The van der Waals surface area contributed by atoms with Crippen LogP contribution < -0.4 is 5.32 Å². The van der Waals surface area contributed by atoms with Gasteiger partial charge in [0.2, 0.25) is 5.91 Å². The molecule has 0 bridgehead atoms. The van der Waals surface area contributed by atoms with Crippen molar-refractivity contribution >= 4 is 17.6 Å². The molecular weight excluding hydrogens is 326 g/mol.